The summed E-state index contributed by atoms with van der Waals surface area (Å²) in [5.41, 5.74) is 9.49. The van der Waals surface area contributed by atoms with Gasteiger partial charge in [-0.25, -0.2) is 0 Å². The second-order valence-electron chi connectivity index (χ2n) is 11.5. The van der Waals surface area contributed by atoms with Gasteiger partial charge in [0.15, 0.2) is 11.5 Å². The standard InChI is InChI=1S/C42H29NO3S/c1-3-10-28(11-4-1)29-18-22-32(23-19-29)43(42-40-39(44-26-27-45-40)41(47-42)31-12-5-2-6-13-31)33-24-20-30(21-25-33)34-15-9-16-36-35-14-7-8-17-37(35)46-38(34)36/h1-25H,26-27H2. The van der Waals surface area contributed by atoms with Crippen molar-refractivity contribution in [3.63, 3.8) is 0 Å². The van der Waals surface area contributed by atoms with E-state index in [1.807, 2.05) is 24.3 Å². The first-order valence-corrected chi connectivity index (χ1v) is 16.6. The molecule has 1 aliphatic heterocycles. The lowest BCUT2D eigenvalue weighted by molar-refractivity contribution is 0.175. The SMILES string of the molecule is c1ccc(-c2ccc(N(c3ccc(-c4cccc5c4oc4ccccc45)cc3)c3sc(-c4ccccc4)c4c3OCCO4)cc2)cc1. The molecule has 4 nitrogen and oxygen atoms in total. The first-order valence-electron chi connectivity index (χ1n) is 15.8. The number of fused-ring (bicyclic) bond motifs is 4. The van der Waals surface area contributed by atoms with Crippen LogP contribution in [0.3, 0.4) is 0 Å². The van der Waals surface area contributed by atoms with Crippen LogP contribution in [0.1, 0.15) is 0 Å². The minimum atomic E-state index is 0.506. The third-order valence-corrected chi connectivity index (χ3v) is 9.88. The van der Waals surface area contributed by atoms with Crippen molar-refractivity contribution in [3.05, 3.63) is 152 Å². The van der Waals surface area contributed by atoms with E-state index in [2.05, 4.69) is 132 Å². The monoisotopic (exact) mass is 627 g/mol. The second kappa shape index (κ2) is 11.5. The summed E-state index contributed by atoms with van der Waals surface area (Å²) in [6, 6.07) is 52.9. The van der Waals surface area contributed by atoms with Gasteiger partial charge in [-0.2, -0.15) is 0 Å². The highest BCUT2D eigenvalue weighted by molar-refractivity contribution is 7.20. The van der Waals surface area contributed by atoms with Gasteiger partial charge in [-0.1, -0.05) is 121 Å². The van der Waals surface area contributed by atoms with Gasteiger partial charge in [-0.05, 0) is 52.6 Å². The van der Waals surface area contributed by atoms with Crippen LogP contribution in [0.15, 0.2) is 156 Å². The predicted molar refractivity (Wildman–Crippen MR) is 194 cm³/mol. The van der Waals surface area contributed by atoms with Crippen LogP contribution in [0, 0.1) is 0 Å². The Morgan fingerprint density at radius 1 is 0.468 bits per heavy atom. The number of para-hydroxylation sites is 2. The van der Waals surface area contributed by atoms with Crippen molar-refractivity contribution in [1.82, 2.24) is 0 Å². The molecule has 0 spiro atoms. The van der Waals surface area contributed by atoms with E-state index < -0.39 is 0 Å². The van der Waals surface area contributed by atoms with Crippen LogP contribution >= 0.6 is 11.3 Å². The maximum Gasteiger partial charge on any atom is 0.197 e. The minimum absolute atomic E-state index is 0.506. The summed E-state index contributed by atoms with van der Waals surface area (Å²) in [4.78, 5) is 3.35. The Morgan fingerprint density at radius 3 is 1.77 bits per heavy atom. The Balaban J connectivity index is 1.18. The maximum atomic E-state index is 6.38. The molecule has 3 heterocycles. The number of hydrogen-bond donors (Lipinski definition) is 0. The summed E-state index contributed by atoms with van der Waals surface area (Å²) in [5.74, 6) is 1.59. The van der Waals surface area contributed by atoms with Gasteiger partial charge in [0.25, 0.3) is 0 Å². The molecule has 0 aliphatic carbocycles. The average Bonchev–Trinajstić information content (AvgIpc) is 3.72. The molecular weight excluding hydrogens is 599 g/mol. The summed E-state index contributed by atoms with van der Waals surface area (Å²) < 4.78 is 19.0. The fourth-order valence-corrected chi connectivity index (χ4v) is 7.68. The average molecular weight is 628 g/mol. The predicted octanol–water partition coefficient (Wildman–Crippen LogP) is 11.9. The molecule has 0 amide bonds. The molecule has 6 aromatic carbocycles. The highest BCUT2D eigenvalue weighted by atomic mass is 32.1. The molecule has 0 unspecified atom stereocenters. The number of furan rings is 1. The summed E-state index contributed by atoms with van der Waals surface area (Å²) in [6.45, 7) is 1.03. The van der Waals surface area contributed by atoms with Gasteiger partial charge in [0, 0.05) is 27.7 Å². The largest absolute Gasteiger partial charge is 0.485 e. The Labute approximate surface area is 276 Å². The molecule has 9 rings (SSSR count). The Bertz CT molecular complexity index is 2340. The number of hydrogen-bond acceptors (Lipinski definition) is 5. The number of anilines is 3. The van der Waals surface area contributed by atoms with Crippen LogP contribution in [-0.4, -0.2) is 13.2 Å². The third-order valence-electron chi connectivity index (χ3n) is 8.69. The Kier molecular flexibility index (Phi) is 6.76. The fraction of sp³-hybridized carbons (Fsp3) is 0.0476. The topological polar surface area (TPSA) is 34.8 Å². The summed E-state index contributed by atoms with van der Waals surface area (Å²) >= 11 is 1.69. The van der Waals surface area contributed by atoms with E-state index in [4.69, 9.17) is 13.9 Å². The molecule has 0 N–H and O–H groups in total. The van der Waals surface area contributed by atoms with Gasteiger partial charge in [0.1, 0.15) is 29.4 Å². The van der Waals surface area contributed by atoms with E-state index in [1.165, 1.54) is 11.1 Å². The molecule has 0 bridgehead atoms. The summed E-state index contributed by atoms with van der Waals surface area (Å²) in [5, 5.41) is 3.24. The highest BCUT2D eigenvalue weighted by Gasteiger charge is 2.30. The van der Waals surface area contributed by atoms with E-state index in [9.17, 15) is 0 Å². The summed E-state index contributed by atoms with van der Waals surface area (Å²) in [7, 11) is 0. The number of thiophene rings is 1. The molecule has 47 heavy (non-hydrogen) atoms. The van der Waals surface area contributed by atoms with E-state index in [0.717, 1.165) is 71.4 Å². The fourth-order valence-electron chi connectivity index (χ4n) is 6.44. The molecule has 8 aromatic rings. The zero-order valence-corrected chi connectivity index (χ0v) is 26.2. The molecule has 0 radical (unpaired) electrons. The van der Waals surface area contributed by atoms with E-state index in [-0.39, 0.29) is 0 Å². The lowest BCUT2D eigenvalue weighted by Crippen LogP contribution is -2.17. The normalized spacial score (nSPS) is 12.4. The van der Waals surface area contributed by atoms with Gasteiger partial charge in [-0.3, -0.25) is 4.90 Å². The van der Waals surface area contributed by atoms with Crippen molar-refractivity contribution in [1.29, 1.82) is 0 Å². The molecule has 0 saturated carbocycles. The van der Waals surface area contributed by atoms with Crippen LogP contribution < -0.4 is 14.4 Å². The molecule has 1 aliphatic rings. The lowest BCUT2D eigenvalue weighted by Gasteiger charge is -2.26. The number of ether oxygens (including phenoxy) is 2. The second-order valence-corrected chi connectivity index (χ2v) is 12.5. The smallest absolute Gasteiger partial charge is 0.197 e. The van der Waals surface area contributed by atoms with Gasteiger partial charge in [0.2, 0.25) is 0 Å². The van der Waals surface area contributed by atoms with Crippen molar-refractivity contribution < 1.29 is 13.9 Å². The zero-order chi connectivity index (χ0) is 31.2. The first kappa shape index (κ1) is 27.5. The Morgan fingerprint density at radius 2 is 1.04 bits per heavy atom. The van der Waals surface area contributed by atoms with Crippen LogP contribution in [0.25, 0.3) is 54.6 Å². The van der Waals surface area contributed by atoms with Crippen LogP contribution in [-0.2, 0) is 0 Å². The van der Waals surface area contributed by atoms with Crippen molar-refractivity contribution in [3.8, 4) is 44.2 Å². The molecule has 2 aromatic heterocycles. The van der Waals surface area contributed by atoms with E-state index in [0.29, 0.717) is 13.2 Å². The lowest BCUT2D eigenvalue weighted by atomic mass is 10.0. The Hall–Kier alpha value is -5.78. The molecule has 226 valence electrons. The van der Waals surface area contributed by atoms with Crippen LogP contribution in [0.5, 0.6) is 11.5 Å². The van der Waals surface area contributed by atoms with E-state index >= 15 is 0 Å². The number of nitrogens with zero attached hydrogens (tertiary/aromatic N) is 1. The van der Waals surface area contributed by atoms with Gasteiger partial charge >= 0.3 is 0 Å². The number of rotatable bonds is 6. The zero-order valence-electron chi connectivity index (χ0n) is 25.4. The molecule has 5 heteroatoms. The third kappa shape index (κ3) is 4.84. The van der Waals surface area contributed by atoms with Crippen LogP contribution in [0.2, 0.25) is 0 Å². The van der Waals surface area contributed by atoms with Crippen molar-refractivity contribution in [2.24, 2.45) is 0 Å². The molecule has 0 atom stereocenters. The maximum absolute atomic E-state index is 6.38. The van der Waals surface area contributed by atoms with Crippen molar-refractivity contribution >= 4 is 49.7 Å². The molecular formula is C42H29NO3S. The highest BCUT2D eigenvalue weighted by Crippen LogP contribution is 2.57. The minimum Gasteiger partial charge on any atom is -0.485 e. The first-order chi connectivity index (χ1) is 23.3. The van der Waals surface area contributed by atoms with Crippen molar-refractivity contribution in [2.45, 2.75) is 0 Å². The molecule has 0 fully saturated rings. The van der Waals surface area contributed by atoms with E-state index in [1.54, 1.807) is 11.3 Å². The van der Waals surface area contributed by atoms with Crippen molar-refractivity contribution in [2.75, 3.05) is 18.1 Å². The van der Waals surface area contributed by atoms with Gasteiger partial charge in [0.05, 0.1) is 4.88 Å². The number of benzene rings is 6. The van der Waals surface area contributed by atoms with Gasteiger partial charge in [-0.15, -0.1) is 11.3 Å². The van der Waals surface area contributed by atoms with Gasteiger partial charge < -0.3 is 13.9 Å². The van der Waals surface area contributed by atoms with Crippen LogP contribution in [0.4, 0.5) is 16.4 Å². The quantitative estimate of drug-likeness (QED) is 0.184. The summed E-state index contributed by atoms with van der Waals surface area (Å²) in [6.07, 6.45) is 0. The molecule has 0 saturated heterocycles.